The molecule has 0 aliphatic rings. The molecule has 1 aromatic heterocycles. The second-order valence-electron chi connectivity index (χ2n) is 4.75. The van der Waals surface area contributed by atoms with Crippen LogP contribution in [0.3, 0.4) is 0 Å². The zero-order valence-electron chi connectivity index (χ0n) is 12.1. The van der Waals surface area contributed by atoms with Crippen molar-refractivity contribution in [2.24, 2.45) is 0 Å². The normalized spacial score (nSPS) is 14.4. The zero-order valence-corrected chi connectivity index (χ0v) is 12.1. The average Bonchev–Trinajstić information content (AvgIpc) is 2.92. The fourth-order valence-electron chi connectivity index (χ4n) is 1.78. The van der Waals surface area contributed by atoms with Crippen LogP contribution in [0.5, 0.6) is 0 Å². The van der Waals surface area contributed by atoms with Gasteiger partial charge in [-0.2, -0.15) is 0 Å². The van der Waals surface area contributed by atoms with Crippen LogP contribution in [-0.4, -0.2) is 32.0 Å². The molecule has 0 aliphatic heterocycles. The van der Waals surface area contributed by atoms with Gasteiger partial charge in [0.1, 0.15) is 11.7 Å². The second kappa shape index (κ2) is 7.23. The first-order valence-electron chi connectivity index (χ1n) is 6.93. The molecule has 0 fully saturated rings. The second-order valence-corrected chi connectivity index (χ2v) is 4.75. The van der Waals surface area contributed by atoms with Gasteiger partial charge in [0.2, 0.25) is 5.91 Å². The van der Waals surface area contributed by atoms with Gasteiger partial charge in [0.25, 0.3) is 0 Å². The molecule has 0 aliphatic carbocycles. The highest BCUT2D eigenvalue weighted by atomic mass is 16.3. The molecule has 6 heteroatoms. The van der Waals surface area contributed by atoms with Gasteiger partial charge in [-0.05, 0) is 26.2 Å². The van der Waals surface area contributed by atoms with E-state index in [1.165, 1.54) is 4.68 Å². The van der Waals surface area contributed by atoms with E-state index in [4.69, 9.17) is 0 Å². The largest absolute Gasteiger partial charge is 0.387 e. The molecule has 0 radical (unpaired) electrons. The molecular weight excluding hydrogens is 244 g/mol. The quantitative estimate of drug-likeness (QED) is 0.787. The van der Waals surface area contributed by atoms with Gasteiger partial charge >= 0.3 is 0 Å². The van der Waals surface area contributed by atoms with Gasteiger partial charge in [0, 0.05) is 6.04 Å². The Bertz CT molecular complexity index is 401. The average molecular weight is 268 g/mol. The topological polar surface area (TPSA) is 80.0 Å². The number of hydrogen-bond acceptors (Lipinski definition) is 4. The number of rotatable bonds is 7. The number of nitrogens with one attached hydrogen (secondary N) is 1. The molecule has 0 aromatic carbocycles. The summed E-state index contributed by atoms with van der Waals surface area (Å²) in [5, 5.41) is 20.4. The third kappa shape index (κ3) is 4.02. The maximum atomic E-state index is 12.1. The maximum absolute atomic E-state index is 12.1. The number of hydrogen-bond donors (Lipinski definition) is 2. The van der Waals surface area contributed by atoms with E-state index in [1.807, 2.05) is 20.8 Å². The highest BCUT2D eigenvalue weighted by Gasteiger charge is 2.20. The standard InChI is InChI=1S/C13H24N4O2/c1-5-10(6-2)14-13(19)9(4)17-8-11(15-16-17)12(18)7-3/h8-10,12,18H,5-7H2,1-4H3,(H,14,19). The molecule has 2 atom stereocenters. The molecule has 1 aromatic rings. The van der Waals surface area contributed by atoms with Crippen molar-refractivity contribution < 1.29 is 9.90 Å². The van der Waals surface area contributed by atoms with Crippen molar-refractivity contribution >= 4 is 5.91 Å². The van der Waals surface area contributed by atoms with Gasteiger partial charge in [-0.25, -0.2) is 4.68 Å². The maximum Gasteiger partial charge on any atom is 0.244 e. The highest BCUT2D eigenvalue weighted by Crippen LogP contribution is 2.14. The van der Waals surface area contributed by atoms with E-state index in [2.05, 4.69) is 15.6 Å². The minimum Gasteiger partial charge on any atom is -0.387 e. The molecule has 2 N–H and O–H groups in total. The van der Waals surface area contributed by atoms with Crippen LogP contribution in [0.25, 0.3) is 0 Å². The zero-order chi connectivity index (χ0) is 14.4. The summed E-state index contributed by atoms with van der Waals surface area (Å²) in [7, 11) is 0. The number of aromatic nitrogens is 3. The third-order valence-corrected chi connectivity index (χ3v) is 3.36. The molecule has 6 nitrogen and oxygen atoms in total. The Morgan fingerprint density at radius 2 is 2.00 bits per heavy atom. The Balaban J connectivity index is 2.69. The van der Waals surface area contributed by atoms with Crippen LogP contribution in [0.4, 0.5) is 0 Å². The van der Waals surface area contributed by atoms with Crippen LogP contribution in [0, 0.1) is 0 Å². The number of aliphatic hydroxyl groups excluding tert-OH is 1. The Kier molecular flexibility index (Phi) is 5.95. The first-order chi connectivity index (χ1) is 9.03. The van der Waals surface area contributed by atoms with Crippen LogP contribution in [-0.2, 0) is 4.79 Å². The van der Waals surface area contributed by atoms with Crippen LogP contribution < -0.4 is 5.32 Å². The predicted molar refractivity (Wildman–Crippen MR) is 72.5 cm³/mol. The van der Waals surface area contributed by atoms with Crippen molar-refractivity contribution in [3.8, 4) is 0 Å². The third-order valence-electron chi connectivity index (χ3n) is 3.36. The number of carbonyl (C=O) groups excluding carboxylic acids is 1. The van der Waals surface area contributed by atoms with E-state index < -0.39 is 12.1 Å². The molecule has 19 heavy (non-hydrogen) atoms. The monoisotopic (exact) mass is 268 g/mol. The van der Waals surface area contributed by atoms with E-state index in [9.17, 15) is 9.90 Å². The summed E-state index contributed by atoms with van der Waals surface area (Å²) >= 11 is 0. The van der Waals surface area contributed by atoms with Crippen LogP contribution in [0.1, 0.15) is 64.8 Å². The van der Waals surface area contributed by atoms with Crippen molar-refractivity contribution in [2.45, 2.75) is 65.1 Å². The minimum absolute atomic E-state index is 0.0730. The van der Waals surface area contributed by atoms with E-state index in [1.54, 1.807) is 13.1 Å². The number of amides is 1. The Morgan fingerprint density at radius 1 is 1.37 bits per heavy atom. The van der Waals surface area contributed by atoms with Crippen LogP contribution in [0.15, 0.2) is 6.20 Å². The molecule has 2 unspecified atom stereocenters. The smallest absolute Gasteiger partial charge is 0.244 e. The van der Waals surface area contributed by atoms with Crippen molar-refractivity contribution in [3.63, 3.8) is 0 Å². The Morgan fingerprint density at radius 3 is 2.53 bits per heavy atom. The van der Waals surface area contributed by atoms with Gasteiger partial charge in [-0.1, -0.05) is 26.0 Å². The molecule has 0 spiro atoms. The predicted octanol–water partition coefficient (Wildman–Crippen LogP) is 1.59. The lowest BCUT2D eigenvalue weighted by molar-refractivity contribution is -0.124. The van der Waals surface area contributed by atoms with E-state index in [0.717, 1.165) is 12.8 Å². The SMILES string of the molecule is CCC(CC)NC(=O)C(C)n1cc(C(O)CC)nn1. The Hall–Kier alpha value is -1.43. The summed E-state index contributed by atoms with van der Waals surface area (Å²) in [6.07, 6.45) is 3.40. The van der Waals surface area contributed by atoms with Gasteiger partial charge < -0.3 is 10.4 Å². The minimum atomic E-state index is -0.622. The molecule has 1 rings (SSSR count). The van der Waals surface area contributed by atoms with Crippen LogP contribution >= 0.6 is 0 Å². The first kappa shape index (κ1) is 15.6. The van der Waals surface area contributed by atoms with Gasteiger partial charge in [0.15, 0.2) is 0 Å². The lowest BCUT2D eigenvalue weighted by Gasteiger charge is -2.18. The summed E-state index contributed by atoms with van der Waals surface area (Å²) in [4.78, 5) is 12.1. The molecule has 1 amide bonds. The molecule has 0 saturated carbocycles. The summed E-state index contributed by atoms with van der Waals surface area (Å²) in [6.45, 7) is 7.73. The van der Waals surface area contributed by atoms with Crippen LogP contribution in [0.2, 0.25) is 0 Å². The van der Waals surface area contributed by atoms with E-state index in [0.29, 0.717) is 12.1 Å². The number of carbonyl (C=O) groups is 1. The van der Waals surface area contributed by atoms with Crippen molar-refractivity contribution in [2.75, 3.05) is 0 Å². The molecular formula is C13H24N4O2. The molecule has 1 heterocycles. The number of nitrogens with zero attached hydrogens (tertiary/aromatic N) is 3. The Labute approximate surface area is 114 Å². The lowest BCUT2D eigenvalue weighted by atomic mass is 10.1. The summed E-state index contributed by atoms with van der Waals surface area (Å²) in [5.74, 6) is -0.0730. The highest BCUT2D eigenvalue weighted by molar-refractivity contribution is 5.80. The van der Waals surface area contributed by atoms with Gasteiger partial charge in [-0.15, -0.1) is 5.10 Å². The summed E-state index contributed by atoms with van der Waals surface area (Å²) in [6, 6.07) is -0.231. The fourth-order valence-corrected chi connectivity index (χ4v) is 1.78. The van der Waals surface area contributed by atoms with Crippen molar-refractivity contribution in [1.29, 1.82) is 0 Å². The summed E-state index contributed by atoms with van der Waals surface area (Å²) in [5.41, 5.74) is 0.504. The van der Waals surface area contributed by atoms with E-state index in [-0.39, 0.29) is 11.9 Å². The lowest BCUT2D eigenvalue weighted by Crippen LogP contribution is -2.38. The van der Waals surface area contributed by atoms with Crippen molar-refractivity contribution in [1.82, 2.24) is 20.3 Å². The van der Waals surface area contributed by atoms with Crippen molar-refractivity contribution in [3.05, 3.63) is 11.9 Å². The first-order valence-corrected chi connectivity index (χ1v) is 6.93. The molecule has 0 bridgehead atoms. The van der Waals surface area contributed by atoms with Gasteiger partial charge in [-0.3, -0.25) is 4.79 Å². The molecule has 108 valence electrons. The summed E-state index contributed by atoms with van der Waals surface area (Å²) < 4.78 is 1.49. The molecule has 0 saturated heterocycles. The fraction of sp³-hybridized carbons (Fsp3) is 0.769. The van der Waals surface area contributed by atoms with Gasteiger partial charge in [0.05, 0.1) is 12.3 Å². The number of aliphatic hydroxyl groups is 1. The van der Waals surface area contributed by atoms with E-state index >= 15 is 0 Å².